The van der Waals surface area contributed by atoms with Gasteiger partial charge in [0.05, 0.1) is 0 Å². The van der Waals surface area contributed by atoms with E-state index in [1.807, 2.05) is 0 Å². The van der Waals surface area contributed by atoms with Crippen molar-refractivity contribution < 1.29 is 9.53 Å². The molecule has 0 aromatic rings. The van der Waals surface area contributed by atoms with E-state index in [0.29, 0.717) is 16.4 Å². The van der Waals surface area contributed by atoms with Crippen LogP contribution in [0.1, 0.15) is 124 Å². The third-order valence-electron chi connectivity index (χ3n) is 11.2. The molecule has 0 unspecified atom stereocenters. The number of fused-ring (bicyclic) bond motifs is 5. The highest BCUT2D eigenvalue weighted by Crippen LogP contribution is 2.67. The van der Waals surface area contributed by atoms with Gasteiger partial charge in [-0.1, -0.05) is 83.9 Å². The predicted molar refractivity (Wildman–Crippen MR) is 136 cm³/mol. The van der Waals surface area contributed by atoms with Gasteiger partial charge in [-0.25, -0.2) is 4.79 Å². The van der Waals surface area contributed by atoms with Gasteiger partial charge in [0.1, 0.15) is 5.60 Å². The summed E-state index contributed by atoms with van der Waals surface area (Å²) in [6.45, 7) is 11.5. The Labute approximate surface area is 203 Å². The Hall–Kier alpha value is -1.05. The van der Waals surface area contributed by atoms with E-state index >= 15 is 0 Å². The highest BCUT2D eigenvalue weighted by molar-refractivity contribution is 5.90. The van der Waals surface area contributed by atoms with Crippen LogP contribution in [0.4, 0.5) is 0 Å². The van der Waals surface area contributed by atoms with Crippen molar-refractivity contribution in [2.45, 2.75) is 129 Å². The van der Waals surface area contributed by atoms with Crippen molar-refractivity contribution in [1.82, 2.24) is 0 Å². The molecule has 4 aliphatic carbocycles. The Kier molecular flexibility index (Phi) is 6.36. The van der Waals surface area contributed by atoms with Crippen molar-refractivity contribution in [3.63, 3.8) is 0 Å². The molecule has 0 bridgehead atoms. The standard InChI is InChI=1S/C31H48O2/c1-5-6-7-8-9-10-11-23-18-27-25-13-12-24-21-31(19-22(2)28(32)33-31)17-16-30(24,4)26(25)14-15-29(27,3)20-23/h12,23,25-27H,2,5-11,13-21H2,1,3-4H3/t23-,25+,26-,27-,29+,30-,31+/m0/s1. The lowest BCUT2D eigenvalue weighted by molar-refractivity contribution is -0.150. The molecule has 0 aromatic carbocycles. The minimum absolute atomic E-state index is 0.149. The molecule has 1 aliphatic heterocycles. The second kappa shape index (κ2) is 8.87. The first-order valence-corrected chi connectivity index (χ1v) is 14.4. The van der Waals surface area contributed by atoms with Crippen LogP contribution in [0.2, 0.25) is 0 Å². The first kappa shape index (κ1) is 23.7. The summed E-state index contributed by atoms with van der Waals surface area (Å²) in [6.07, 6.45) is 23.7. The number of hydrogen-bond acceptors (Lipinski definition) is 2. The fourth-order valence-electron chi connectivity index (χ4n) is 9.35. The van der Waals surface area contributed by atoms with Gasteiger partial charge in [-0.3, -0.25) is 0 Å². The normalized spacial score (nSPS) is 44.3. The maximum Gasteiger partial charge on any atom is 0.334 e. The molecule has 184 valence electrons. The Bertz CT molecular complexity index is 792. The fourth-order valence-corrected chi connectivity index (χ4v) is 9.35. The van der Waals surface area contributed by atoms with Crippen LogP contribution in [0.25, 0.3) is 0 Å². The van der Waals surface area contributed by atoms with E-state index in [9.17, 15) is 4.79 Å². The fraction of sp³-hybridized carbons (Fsp3) is 0.839. The molecule has 0 radical (unpaired) electrons. The van der Waals surface area contributed by atoms with E-state index in [2.05, 4.69) is 33.4 Å². The quantitative estimate of drug-likeness (QED) is 0.167. The zero-order valence-electron chi connectivity index (χ0n) is 21.7. The van der Waals surface area contributed by atoms with Crippen LogP contribution in [-0.4, -0.2) is 11.6 Å². The molecule has 1 saturated heterocycles. The average Bonchev–Trinajstić information content (AvgIpc) is 3.26. The largest absolute Gasteiger partial charge is 0.455 e. The van der Waals surface area contributed by atoms with E-state index in [-0.39, 0.29) is 11.6 Å². The Morgan fingerprint density at radius 3 is 2.58 bits per heavy atom. The Balaban J connectivity index is 1.24. The van der Waals surface area contributed by atoms with Gasteiger partial charge >= 0.3 is 5.97 Å². The highest BCUT2D eigenvalue weighted by atomic mass is 16.6. The number of allylic oxidation sites excluding steroid dienone is 1. The number of rotatable bonds is 7. The number of unbranched alkanes of at least 4 members (excludes halogenated alkanes) is 5. The molecule has 0 amide bonds. The smallest absolute Gasteiger partial charge is 0.334 e. The van der Waals surface area contributed by atoms with Gasteiger partial charge in [0, 0.05) is 18.4 Å². The zero-order valence-corrected chi connectivity index (χ0v) is 21.7. The van der Waals surface area contributed by atoms with Crippen molar-refractivity contribution >= 4 is 5.97 Å². The predicted octanol–water partition coefficient (Wildman–Crippen LogP) is 8.56. The van der Waals surface area contributed by atoms with Crippen LogP contribution in [0.3, 0.4) is 0 Å². The summed E-state index contributed by atoms with van der Waals surface area (Å²) in [5.74, 6) is 3.46. The highest BCUT2D eigenvalue weighted by Gasteiger charge is 2.59. The lowest BCUT2D eigenvalue weighted by Crippen LogP contribution is -2.51. The van der Waals surface area contributed by atoms with Gasteiger partial charge in [0.25, 0.3) is 0 Å². The van der Waals surface area contributed by atoms with Gasteiger partial charge in [0.2, 0.25) is 0 Å². The molecule has 33 heavy (non-hydrogen) atoms. The number of esters is 1. The number of ether oxygens (including phenoxy) is 1. The SMILES string of the molecule is C=C1C[C@@]2(CC[C@@]3(C)C(=CC[C@H]4[C@@H]5C[C@H](CCCCCCCC)C[C@@]5(C)CC[C@@H]43)C2)OC1=O. The lowest BCUT2D eigenvalue weighted by Gasteiger charge is -2.58. The van der Waals surface area contributed by atoms with Crippen molar-refractivity contribution in [3.8, 4) is 0 Å². The molecule has 5 aliphatic rings. The van der Waals surface area contributed by atoms with Crippen molar-refractivity contribution in [1.29, 1.82) is 0 Å². The van der Waals surface area contributed by atoms with E-state index in [1.165, 1.54) is 83.5 Å². The summed E-state index contributed by atoms with van der Waals surface area (Å²) in [5.41, 5.74) is 2.94. The van der Waals surface area contributed by atoms with E-state index in [1.54, 1.807) is 5.57 Å². The second-order valence-corrected chi connectivity index (χ2v) is 13.3. The van der Waals surface area contributed by atoms with Crippen LogP contribution in [-0.2, 0) is 9.53 Å². The van der Waals surface area contributed by atoms with E-state index in [4.69, 9.17) is 4.74 Å². The number of carbonyl (C=O) groups excluding carboxylic acids is 1. The van der Waals surface area contributed by atoms with Gasteiger partial charge in [-0.15, -0.1) is 0 Å². The van der Waals surface area contributed by atoms with Gasteiger partial charge < -0.3 is 4.74 Å². The minimum Gasteiger partial charge on any atom is -0.455 e. The zero-order chi connectivity index (χ0) is 23.3. The van der Waals surface area contributed by atoms with Crippen LogP contribution in [0, 0.1) is 34.5 Å². The molecule has 7 atom stereocenters. The maximum atomic E-state index is 12.1. The molecule has 2 nitrogen and oxygen atoms in total. The molecule has 4 fully saturated rings. The summed E-state index contributed by atoms with van der Waals surface area (Å²) in [5, 5.41) is 0. The van der Waals surface area contributed by atoms with Crippen LogP contribution in [0.15, 0.2) is 23.8 Å². The number of carbonyl (C=O) groups is 1. The van der Waals surface area contributed by atoms with Crippen molar-refractivity contribution in [2.75, 3.05) is 0 Å². The van der Waals surface area contributed by atoms with E-state index < -0.39 is 0 Å². The molecular formula is C31H48O2. The Morgan fingerprint density at radius 2 is 1.82 bits per heavy atom. The van der Waals surface area contributed by atoms with Crippen LogP contribution < -0.4 is 0 Å². The van der Waals surface area contributed by atoms with Crippen molar-refractivity contribution in [2.24, 2.45) is 34.5 Å². The first-order valence-electron chi connectivity index (χ1n) is 14.4. The van der Waals surface area contributed by atoms with Crippen molar-refractivity contribution in [3.05, 3.63) is 23.8 Å². The maximum absolute atomic E-state index is 12.1. The summed E-state index contributed by atoms with van der Waals surface area (Å²) in [7, 11) is 0. The molecule has 3 saturated carbocycles. The molecule has 1 heterocycles. The minimum atomic E-state index is -0.273. The first-order chi connectivity index (χ1) is 15.8. The van der Waals surface area contributed by atoms with Crippen LogP contribution in [0.5, 0.6) is 0 Å². The molecule has 2 heteroatoms. The average molecular weight is 453 g/mol. The summed E-state index contributed by atoms with van der Waals surface area (Å²) in [6, 6.07) is 0. The number of hydrogen-bond donors (Lipinski definition) is 0. The Morgan fingerprint density at radius 1 is 1.03 bits per heavy atom. The molecule has 0 N–H and O–H groups in total. The van der Waals surface area contributed by atoms with Gasteiger partial charge in [0.15, 0.2) is 0 Å². The molecular weight excluding hydrogens is 404 g/mol. The third-order valence-corrected chi connectivity index (χ3v) is 11.2. The second-order valence-electron chi connectivity index (χ2n) is 13.3. The lowest BCUT2D eigenvalue weighted by atomic mass is 9.47. The molecule has 1 spiro atoms. The monoisotopic (exact) mass is 452 g/mol. The summed E-state index contributed by atoms with van der Waals surface area (Å²) in [4.78, 5) is 12.1. The molecule has 0 aromatic heterocycles. The van der Waals surface area contributed by atoms with Crippen LogP contribution >= 0.6 is 0 Å². The third kappa shape index (κ3) is 4.16. The molecule has 5 rings (SSSR count). The summed E-state index contributed by atoms with van der Waals surface area (Å²) < 4.78 is 5.92. The summed E-state index contributed by atoms with van der Waals surface area (Å²) >= 11 is 0. The topological polar surface area (TPSA) is 26.3 Å². The van der Waals surface area contributed by atoms with Gasteiger partial charge in [-0.05, 0) is 79.4 Å². The van der Waals surface area contributed by atoms with E-state index in [0.717, 1.165) is 42.9 Å². The van der Waals surface area contributed by atoms with Gasteiger partial charge in [-0.2, -0.15) is 0 Å².